The molecule has 0 unspecified atom stereocenters. The number of hydrogen-bond donors (Lipinski definition) is 0. The van der Waals surface area contributed by atoms with E-state index in [1.54, 1.807) is 7.11 Å². The monoisotopic (exact) mass is 467 g/mol. The Kier molecular flexibility index (Phi) is 7.85. The minimum atomic E-state index is 0.127. The predicted molar refractivity (Wildman–Crippen MR) is 129 cm³/mol. The van der Waals surface area contributed by atoms with E-state index < -0.39 is 0 Å². The van der Waals surface area contributed by atoms with Gasteiger partial charge < -0.3 is 18.9 Å². The van der Waals surface area contributed by atoms with Gasteiger partial charge in [0.15, 0.2) is 11.0 Å². The van der Waals surface area contributed by atoms with Crippen molar-refractivity contribution in [1.82, 2.24) is 24.6 Å². The largest absolute Gasteiger partial charge is 0.496 e. The molecule has 2 aromatic carbocycles. The Bertz CT molecular complexity index is 1050. The van der Waals surface area contributed by atoms with Gasteiger partial charge in [-0.15, -0.1) is 10.2 Å². The lowest BCUT2D eigenvalue weighted by Gasteiger charge is -2.34. The normalized spacial score (nSPS) is 14.3. The molecule has 1 aliphatic rings. The van der Waals surface area contributed by atoms with Crippen LogP contribution in [0.5, 0.6) is 11.5 Å². The molecule has 1 saturated heterocycles. The van der Waals surface area contributed by atoms with E-state index in [-0.39, 0.29) is 5.91 Å². The second-order valence-electron chi connectivity index (χ2n) is 7.74. The molecule has 8 nitrogen and oxygen atoms in total. The molecule has 33 heavy (non-hydrogen) atoms. The number of aromatic nitrogens is 3. The zero-order chi connectivity index (χ0) is 23.0. The summed E-state index contributed by atoms with van der Waals surface area (Å²) < 4.78 is 13.1. The third kappa shape index (κ3) is 5.85. The van der Waals surface area contributed by atoms with Gasteiger partial charge in [-0.25, -0.2) is 0 Å². The molecule has 4 rings (SSSR count). The molecule has 0 radical (unpaired) electrons. The Balaban J connectivity index is 1.23. The third-order valence-corrected chi connectivity index (χ3v) is 6.66. The topological polar surface area (TPSA) is 72.7 Å². The standard InChI is InChI=1S/C24H29N5O3S/c1-27-23(20-10-6-7-11-21(20)31-2)25-26-24(27)33-18-22(30)29-14-12-28(13-15-29)16-17-32-19-8-4-3-5-9-19/h3-11H,12-18H2,1-2H3. The van der Waals surface area contributed by atoms with E-state index in [0.29, 0.717) is 23.3 Å². The van der Waals surface area contributed by atoms with Crippen LogP contribution in [0, 0.1) is 0 Å². The average Bonchev–Trinajstić information content (AvgIpc) is 3.23. The molecular formula is C24H29N5O3S. The van der Waals surface area contributed by atoms with E-state index in [1.165, 1.54) is 11.8 Å². The van der Waals surface area contributed by atoms with Crippen LogP contribution in [-0.2, 0) is 11.8 Å². The summed E-state index contributed by atoms with van der Waals surface area (Å²) in [6.07, 6.45) is 0. The number of carbonyl (C=O) groups excluding carboxylic acids is 1. The van der Waals surface area contributed by atoms with Gasteiger partial charge in [0, 0.05) is 39.8 Å². The average molecular weight is 468 g/mol. The van der Waals surface area contributed by atoms with Crippen LogP contribution in [0.2, 0.25) is 0 Å². The molecule has 1 aromatic heterocycles. The second kappa shape index (κ2) is 11.2. The van der Waals surface area contributed by atoms with E-state index in [0.717, 1.165) is 49.8 Å². The summed E-state index contributed by atoms with van der Waals surface area (Å²) in [6, 6.07) is 17.6. The van der Waals surface area contributed by atoms with Crippen LogP contribution in [0.4, 0.5) is 0 Å². The summed E-state index contributed by atoms with van der Waals surface area (Å²) >= 11 is 1.41. The van der Waals surface area contributed by atoms with Gasteiger partial charge in [-0.2, -0.15) is 0 Å². The van der Waals surface area contributed by atoms with Crippen LogP contribution in [0.25, 0.3) is 11.4 Å². The summed E-state index contributed by atoms with van der Waals surface area (Å²) in [5, 5.41) is 9.31. The smallest absolute Gasteiger partial charge is 0.233 e. The molecule has 0 atom stereocenters. The lowest BCUT2D eigenvalue weighted by molar-refractivity contribution is -0.130. The lowest BCUT2D eigenvalue weighted by atomic mass is 10.2. The molecule has 9 heteroatoms. The van der Waals surface area contributed by atoms with Gasteiger partial charge in [-0.3, -0.25) is 9.69 Å². The van der Waals surface area contributed by atoms with Gasteiger partial charge in [0.25, 0.3) is 0 Å². The van der Waals surface area contributed by atoms with Crippen LogP contribution < -0.4 is 9.47 Å². The Morgan fingerprint density at radius 2 is 1.73 bits per heavy atom. The lowest BCUT2D eigenvalue weighted by Crippen LogP contribution is -2.50. The van der Waals surface area contributed by atoms with Crippen LogP contribution in [0.15, 0.2) is 59.8 Å². The van der Waals surface area contributed by atoms with Gasteiger partial charge in [-0.05, 0) is 24.3 Å². The molecule has 0 aliphatic carbocycles. The molecule has 1 amide bonds. The number of nitrogens with zero attached hydrogens (tertiary/aromatic N) is 5. The van der Waals surface area contributed by atoms with Crippen molar-refractivity contribution in [2.75, 3.05) is 52.2 Å². The molecule has 2 heterocycles. The van der Waals surface area contributed by atoms with Crippen molar-refractivity contribution in [3.05, 3.63) is 54.6 Å². The van der Waals surface area contributed by atoms with Crippen LogP contribution in [0.3, 0.4) is 0 Å². The molecule has 1 fully saturated rings. The fraction of sp³-hybridized carbons (Fsp3) is 0.375. The number of piperazine rings is 1. The summed E-state index contributed by atoms with van der Waals surface area (Å²) in [6.45, 7) is 4.68. The minimum absolute atomic E-state index is 0.127. The van der Waals surface area contributed by atoms with Gasteiger partial charge in [-0.1, -0.05) is 42.1 Å². The van der Waals surface area contributed by atoms with E-state index in [4.69, 9.17) is 9.47 Å². The van der Waals surface area contributed by atoms with Gasteiger partial charge >= 0.3 is 0 Å². The maximum atomic E-state index is 12.8. The molecular weight excluding hydrogens is 438 g/mol. The summed E-state index contributed by atoms with van der Waals surface area (Å²) in [7, 11) is 3.55. The van der Waals surface area contributed by atoms with Crippen LogP contribution in [0.1, 0.15) is 0 Å². The number of benzene rings is 2. The van der Waals surface area contributed by atoms with E-state index >= 15 is 0 Å². The highest BCUT2D eigenvalue weighted by atomic mass is 32.2. The first-order valence-electron chi connectivity index (χ1n) is 11.0. The van der Waals surface area contributed by atoms with Crippen molar-refractivity contribution >= 4 is 17.7 Å². The number of thioether (sulfide) groups is 1. The Hall–Kier alpha value is -3.04. The highest BCUT2D eigenvalue weighted by Gasteiger charge is 2.22. The number of ether oxygens (including phenoxy) is 2. The van der Waals surface area contributed by atoms with Crippen LogP contribution in [-0.4, -0.2) is 82.7 Å². The fourth-order valence-corrected chi connectivity index (χ4v) is 4.57. The van der Waals surface area contributed by atoms with Gasteiger partial charge in [0.05, 0.1) is 18.4 Å². The molecule has 3 aromatic rings. The Labute approximate surface area is 198 Å². The molecule has 174 valence electrons. The highest BCUT2D eigenvalue weighted by Crippen LogP contribution is 2.30. The molecule has 1 aliphatic heterocycles. The highest BCUT2D eigenvalue weighted by molar-refractivity contribution is 7.99. The third-order valence-electron chi connectivity index (χ3n) is 5.65. The minimum Gasteiger partial charge on any atom is -0.496 e. The van der Waals surface area contributed by atoms with Gasteiger partial charge in [0.2, 0.25) is 5.91 Å². The van der Waals surface area contributed by atoms with E-state index in [2.05, 4.69) is 15.1 Å². The van der Waals surface area contributed by atoms with Crippen molar-refractivity contribution < 1.29 is 14.3 Å². The van der Waals surface area contributed by atoms with E-state index in [9.17, 15) is 4.79 Å². The molecule has 0 N–H and O–H groups in total. The second-order valence-corrected chi connectivity index (χ2v) is 8.68. The summed E-state index contributed by atoms with van der Waals surface area (Å²) in [5.74, 6) is 2.82. The summed E-state index contributed by atoms with van der Waals surface area (Å²) in [5.41, 5.74) is 0.876. The van der Waals surface area contributed by atoms with E-state index in [1.807, 2.05) is 71.1 Å². The van der Waals surface area contributed by atoms with Crippen molar-refractivity contribution in [3.63, 3.8) is 0 Å². The number of rotatable bonds is 9. The predicted octanol–water partition coefficient (Wildman–Crippen LogP) is 2.81. The summed E-state index contributed by atoms with van der Waals surface area (Å²) in [4.78, 5) is 17.0. The number of para-hydroxylation sites is 2. The number of methoxy groups -OCH3 is 1. The zero-order valence-corrected chi connectivity index (χ0v) is 19.8. The van der Waals surface area contributed by atoms with Crippen molar-refractivity contribution in [2.45, 2.75) is 5.16 Å². The quantitative estimate of drug-likeness (QED) is 0.448. The number of amides is 1. The first-order chi connectivity index (χ1) is 16.2. The van der Waals surface area contributed by atoms with Crippen LogP contribution >= 0.6 is 11.8 Å². The Morgan fingerprint density at radius 1 is 1.00 bits per heavy atom. The Morgan fingerprint density at radius 3 is 2.48 bits per heavy atom. The fourth-order valence-electron chi connectivity index (χ4n) is 3.75. The SMILES string of the molecule is COc1ccccc1-c1nnc(SCC(=O)N2CCN(CCOc3ccccc3)CC2)n1C. The van der Waals surface area contributed by atoms with Crippen molar-refractivity contribution in [3.8, 4) is 22.9 Å². The molecule has 0 bridgehead atoms. The van der Waals surface area contributed by atoms with Crippen molar-refractivity contribution in [1.29, 1.82) is 0 Å². The number of hydrogen-bond acceptors (Lipinski definition) is 7. The first kappa shape index (κ1) is 23.1. The molecule has 0 saturated carbocycles. The maximum absolute atomic E-state index is 12.8. The first-order valence-corrected chi connectivity index (χ1v) is 12.0. The maximum Gasteiger partial charge on any atom is 0.233 e. The zero-order valence-electron chi connectivity index (χ0n) is 19.0. The molecule has 0 spiro atoms. The number of carbonyl (C=O) groups is 1. The van der Waals surface area contributed by atoms with Crippen molar-refractivity contribution in [2.24, 2.45) is 7.05 Å². The van der Waals surface area contributed by atoms with Gasteiger partial charge in [0.1, 0.15) is 18.1 Å².